The summed E-state index contributed by atoms with van der Waals surface area (Å²) in [6.07, 6.45) is 0.837. The van der Waals surface area contributed by atoms with Crippen LogP contribution in [0.5, 0.6) is 0 Å². The van der Waals surface area contributed by atoms with Gasteiger partial charge in [-0.1, -0.05) is 6.92 Å². The highest BCUT2D eigenvalue weighted by molar-refractivity contribution is 7.16. The maximum atomic E-state index is 11.8. The summed E-state index contributed by atoms with van der Waals surface area (Å²) in [5, 5.41) is 16.9. The van der Waals surface area contributed by atoms with E-state index in [0.29, 0.717) is 17.7 Å². The smallest absolute Gasteiger partial charge is 0.319 e. The molecule has 0 spiro atoms. The van der Waals surface area contributed by atoms with Crippen molar-refractivity contribution in [3.05, 3.63) is 27.8 Å². The molecular formula is C13H16N4O3S. The lowest BCUT2D eigenvalue weighted by atomic mass is 10.2. The predicted octanol–water partition coefficient (Wildman–Crippen LogP) is 2.53. The molecule has 0 aliphatic heterocycles. The number of aromatic nitrogens is 1. The zero-order valence-corrected chi connectivity index (χ0v) is 12.6. The van der Waals surface area contributed by atoms with Crippen LogP contribution in [-0.2, 0) is 4.79 Å². The Balaban J connectivity index is 2.27. The third kappa shape index (κ3) is 3.27. The van der Waals surface area contributed by atoms with Crippen molar-refractivity contribution >= 4 is 38.8 Å². The van der Waals surface area contributed by atoms with Crippen LogP contribution in [0.3, 0.4) is 0 Å². The van der Waals surface area contributed by atoms with Gasteiger partial charge in [-0.25, -0.2) is 4.98 Å². The highest BCUT2D eigenvalue weighted by Crippen LogP contribution is 2.34. The minimum Gasteiger partial charge on any atom is -0.368 e. The maximum Gasteiger partial charge on any atom is 0.319 e. The summed E-state index contributed by atoms with van der Waals surface area (Å²) in [5.41, 5.74) is 2.12. The van der Waals surface area contributed by atoms with E-state index in [2.05, 4.69) is 15.6 Å². The van der Waals surface area contributed by atoms with Gasteiger partial charge >= 0.3 is 5.69 Å². The number of benzene rings is 1. The predicted molar refractivity (Wildman–Crippen MR) is 82.7 cm³/mol. The number of fused-ring (bicyclic) bond motifs is 1. The third-order valence-corrected chi connectivity index (χ3v) is 3.77. The van der Waals surface area contributed by atoms with E-state index in [-0.39, 0.29) is 11.6 Å². The van der Waals surface area contributed by atoms with E-state index in [9.17, 15) is 14.9 Å². The molecule has 2 N–H and O–H groups in total. The molecule has 1 heterocycles. The van der Waals surface area contributed by atoms with E-state index in [4.69, 9.17) is 0 Å². The fourth-order valence-corrected chi connectivity index (χ4v) is 2.60. The normalized spacial score (nSPS) is 12.1. The van der Waals surface area contributed by atoms with Crippen molar-refractivity contribution in [2.24, 2.45) is 0 Å². The number of nitrogens with one attached hydrogen (secondary N) is 2. The Morgan fingerprint density at radius 2 is 2.29 bits per heavy atom. The van der Waals surface area contributed by atoms with Crippen molar-refractivity contribution in [1.29, 1.82) is 0 Å². The fraction of sp³-hybridized carbons (Fsp3) is 0.385. The van der Waals surface area contributed by atoms with Crippen LogP contribution in [-0.4, -0.2) is 28.4 Å². The molecule has 0 fully saturated rings. The van der Waals surface area contributed by atoms with Gasteiger partial charge in [-0.3, -0.25) is 14.9 Å². The molecule has 1 aromatic carbocycles. The Labute approximate surface area is 125 Å². The van der Waals surface area contributed by atoms with Gasteiger partial charge < -0.3 is 10.6 Å². The number of carbonyl (C=O) groups excluding carboxylic acids is 1. The number of rotatable bonds is 6. The number of nitro groups is 1. The molecule has 7 nitrogen and oxygen atoms in total. The molecule has 112 valence electrons. The molecular weight excluding hydrogens is 292 g/mol. The minimum atomic E-state index is -0.564. The number of thiazole rings is 1. The second-order valence-electron chi connectivity index (χ2n) is 4.57. The zero-order chi connectivity index (χ0) is 15.4. The largest absolute Gasteiger partial charge is 0.368 e. The van der Waals surface area contributed by atoms with Crippen LogP contribution in [0.2, 0.25) is 0 Å². The molecule has 1 atom stereocenters. The Bertz CT molecular complexity index is 670. The van der Waals surface area contributed by atoms with Crippen molar-refractivity contribution in [2.45, 2.75) is 26.3 Å². The van der Waals surface area contributed by atoms with Crippen molar-refractivity contribution in [1.82, 2.24) is 10.3 Å². The molecule has 0 bridgehead atoms. The lowest BCUT2D eigenvalue weighted by Crippen LogP contribution is -2.38. The van der Waals surface area contributed by atoms with Crippen molar-refractivity contribution in [3.63, 3.8) is 0 Å². The maximum absolute atomic E-state index is 11.8. The SMILES string of the molecule is CCCNC(=O)C(C)Nc1ccc2scnc2c1[N+](=O)[O-]. The van der Waals surface area contributed by atoms with Crippen LogP contribution < -0.4 is 10.6 Å². The van der Waals surface area contributed by atoms with Gasteiger partial charge in [0.15, 0.2) is 5.52 Å². The topological polar surface area (TPSA) is 97.2 Å². The summed E-state index contributed by atoms with van der Waals surface area (Å²) in [7, 11) is 0. The number of amides is 1. The summed E-state index contributed by atoms with van der Waals surface area (Å²) < 4.78 is 0.746. The molecule has 0 saturated heterocycles. The second kappa shape index (κ2) is 6.49. The number of hydrogen-bond donors (Lipinski definition) is 2. The van der Waals surface area contributed by atoms with Gasteiger partial charge in [0.1, 0.15) is 11.7 Å². The molecule has 21 heavy (non-hydrogen) atoms. The van der Waals surface area contributed by atoms with Crippen molar-refractivity contribution < 1.29 is 9.72 Å². The van der Waals surface area contributed by atoms with Gasteiger partial charge in [0.05, 0.1) is 15.1 Å². The van der Waals surface area contributed by atoms with E-state index in [0.717, 1.165) is 11.1 Å². The van der Waals surface area contributed by atoms with E-state index < -0.39 is 11.0 Å². The van der Waals surface area contributed by atoms with Gasteiger partial charge in [-0.15, -0.1) is 11.3 Å². The van der Waals surface area contributed by atoms with Gasteiger partial charge in [0.2, 0.25) is 5.91 Å². The molecule has 1 amide bonds. The number of nitrogens with zero attached hydrogens (tertiary/aromatic N) is 2. The van der Waals surface area contributed by atoms with Crippen molar-refractivity contribution in [2.75, 3.05) is 11.9 Å². The minimum absolute atomic E-state index is 0.0936. The molecule has 1 aromatic heterocycles. The van der Waals surface area contributed by atoms with Gasteiger partial charge in [-0.05, 0) is 25.5 Å². The number of carbonyl (C=O) groups is 1. The summed E-state index contributed by atoms with van der Waals surface area (Å²) in [6.45, 7) is 4.21. The standard InChI is InChI=1S/C13H16N4O3S/c1-3-6-14-13(18)8(2)16-9-4-5-10-11(15-7-21-10)12(9)17(19)20/h4-5,7-8,16H,3,6H2,1-2H3,(H,14,18). The molecule has 0 aliphatic carbocycles. The zero-order valence-electron chi connectivity index (χ0n) is 11.8. The van der Waals surface area contributed by atoms with Crippen LogP contribution in [0, 0.1) is 10.1 Å². The quantitative estimate of drug-likeness (QED) is 0.631. The Kier molecular flexibility index (Phi) is 4.69. The highest BCUT2D eigenvalue weighted by atomic mass is 32.1. The average molecular weight is 308 g/mol. The Hall–Kier alpha value is -2.22. The number of anilines is 1. The lowest BCUT2D eigenvalue weighted by Gasteiger charge is -2.15. The highest BCUT2D eigenvalue weighted by Gasteiger charge is 2.23. The van der Waals surface area contributed by atoms with E-state index in [1.165, 1.54) is 11.3 Å². The monoisotopic (exact) mass is 308 g/mol. The Morgan fingerprint density at radius 1 is 1.52 bits per heavy atom. The molecule has 2 rings (SSSR count). The van der Waals surface area contributed by atoms with Crippen LogP contribution in [0.25, 0.3) is 10.2 Å². The average Bonchev–Trinajstić information content (AvgIpc) is 2.92. The summed E-state index contributed by atoms with van der Waals surface area (Å²) >= 11 is 1.34. The first-order chi connectivity index (χ1) is 10.0. The van der Waals surface area contributed by atoms with Crippen LogP contribution in [0.15, 0.2) is 17.6 Å². The molecule has 2 aromatic rings. The van der Waals surface area contributed by atoms with Gasteiger partial charge in [0.25, 0.3) is 0 Å². The molecule has 0 saturated carbocycles. The van der Waals surface area contributed by atoms with E-state index in [1.54, 1.807) is 24.6 Å². The lowest BCUT2D eigenvalue weighted by molar-refractivity contribution is -0.382. The number of nitro benzene ring substituents is 1. The number of hydrogen-bond acceptors (Lipinski definition) is 6. The first-order valence-electron chi connectivity index (χ1n) is 6.59. The first-order valence-corrected chi connectivity index (χ1v) is 7.47. The molecule has 0 aliphatic rings. The fourth-order valence-electron chi connectivity index (χ4n) is 1.92. The molecule has 1 unspecified atom stereocenters. The van der Waals surface area contributed by atoms with Gasteiger partial charge in [0, 0.05) is 6.54 Å². The second-order valence-corrected chi connectivity index (χ2v) is 5.46. The van der Waals surface area contributed by atoms with Crippen LogP contribution in [0.4, 0.5) is 11.4 Å². The molecule has 8 heteroatoms. The van der Waals surface area contributed by atoms with E-state index in [1.807, 2.05) is 6.92 Å². The van der Waals surface area contributed by atoms with Crippen LogP contribution >= 0.6 is 11.3 Å². The summed E-state index contributed by atoms with van der Waals surface area (Å²) in [6, 6.07) is 2.81. The summed E-state index contributed by atoms with van der Waals surface area (Å²) in [5.74, 6) is -0.190. The van der Waals surface area contributed by atoms with Crippen molar-refractivity contribution in [3.8, 4) is 0 Å². The van der Waals surface area contributed by atoms with Crippen LogP contribution in [0.1, 0.15) is 20.3 Å². The first kappa shape index (κ1) is 15.2. The van der Waals surface area contributed by atoms with E-state index >= 15 is 0 Å². The summed E-state index contributed by atoms with van der Waals surface area (Å²) in [4.78, 5) is 26.7. The molecule has 0 radical (unpaired) electrons. The van der Waals surface area contributed by atoms with Gasteiger partial charge in [-0.2, -0.15) is 0 Å². The third-order valence-electron chi connectivity index (χ3n) is 2.97. The Morgan fingerprint density at radius 3 is 2.95 bits per heavy atom.